The largest absolute Gasteiger partial charge is 0.294 e. The van der Waals surface area contributed by atoms with Crippen molar-refractivity contribution in [3.8, 4) is 0 Å². The summed E-state index contributed by atoms with van der Waals surface area (Å²) in [6.45, 7) is 4.67. The summed E-state index contributed by atoms with van der Waals surface area (Å²) in [6.07, 6.45) is 6.78. The van der Waals surface area contributed by atoms with E-state index in [-0.39, 0.29) is 0 Å². The van der Waals surface area contributed by atoms with E-state index in [4.69, 9.17) is 0 Å². The van der Waals surface area contributed by atoms with E-state index < -0.39 is 0 Å². The van der Waals surface area contributed by atoms with E-state index in [1.165, 1.54) is 36.4 Å². The lowest BCUT2D eigenvalue weighted by molar-refractivity contribution is 0.213. The smallest absolute Gasteiger partial charge is 0.0534 e. The normalized spacial score (nSPS) is 26.5. The number of fused-ring (bicyclic) bond motifs is 1. The van der Waals surface area contributed by atoms with Gasteiger partial charge in [-0.25, -0.2) is 0 Å². The number of hydrogen-bond donors (Lipinski definition) is 0. The topological polar surface area (TPSA) is 24.3 Å². The molecule has 5 heteroatoms. The maximum Gasteiger partial charge on any atom is 0.0534 e. The Kier molecular flexibility index (Phi) is 3.57. The van der Waals surface area contributed by atoms with Crippen LogP contribution in [0.4, 0.5) is 0 Å². The van der Waals surface area contributed by atoms with Crippen molar-refractivity contribution in [2.45, 2.75) is 38.0 Å². The Balaban J connectivity index is 1.41. The van der Waals surface area contributed by atoms with Crippen LogP contribution in [0.25, 0.3) is 0 Å². The summed E-state index contributed by atoms with van der Waals surface area (Å²) >= 11 is 1.88. The zero-order chi connectivity index (χ0) is 14.2. The van der Waals surface area contributed by atoms with Crippen LogP contribution < -0.4 is 0 Å². The molecule has 0 amide bonds. The van der Waals surface area contributed by atoms with Crippen molar-refractivity contribution in [2.24, 2.45) is 7.05 Å². The van der Waals surface area contributed by atoms with E-state index in [1.54, 1.807) is 0 Å². The van der Waals surface area contributed by atoms with Gasteiger partial charge < -0.3 is 0 Å². The molecule has 4 heterocycles. The van der Waals surface area contributed by atoms with Gasteiger partial charge in [-0.1, -0.05) is 6.07 Å². The average molecular weight is 302 g/mol. The molecule has 0 spiro atoms. The Hall–Kier alpha value is -1.17. The first kappa shape index (κ1) is 13.5. The van der Waals surface area contributed by atoms with Crippen molar-refractivity contribution in [3.63, 3.8) is 0 Å². The van der Waals surface area contributed by atoms with Crippen molar-refractivity contribution in [2.75, 3.05) is 13.1 Å². The molecule has 0 aromatic carbocycles. The third kappa shape index (κ3) is 2.65. The molecule has 0 bridgehead atoms. The van der Waals surface area contributed by atoms with Crippen LogP contribution in [0.15, 0.2) is 29.9 Å². The Labute approximate surface area is 130 Å². The minimum Gasteiger partial charge on any atom is -0.294 e. The molecule has 4 rings (SSSR count). The highest BCUT2D eigenvalue weighted by Crippen LogP contribution is 2.33. The standard InChI is InChI=1S/C16H22N4S/c1-18-10-13(9-17-18)11-19-6-4-16-15(19)5-7-20(16)12-14-3-2-8-21-14/h2-3,8-10,15-16H,4-7,11-12H2,1H3/t15-,16-/m1/s1. The highest BCUT2D eigenvalue weighted by molar-refractivity contribution is 7.09. The van der Waals surface area contributed by atoms with Crippen LogP contribution in [0.2, 0.25) is 0 Å². The lowest BCUT2D eigenvalue weighted by Crippen LogP contribution is -2.35. The number of nitrogens with zero attached hydrogens (tertiary/aromatic N) is 4. The van der Waals surface area contributed by atoms with Gasteiger partial charge in [0.05, 0.1) is 6.20 Å². The third-order valence-corrected chi connectivity index (χ3v) is 5.75. The highest BCUT2D eigenvalue weighted by Gasteiger charge is 2.42. The molecular weight excluding hydrogens is 280 g/mol. The van der Waals surface area contributed by atoms with Crippen LogP contribution in [0.3, 0.4) is 0 Å². The van der Waals surface area contributed by atoms with Gasteiger partial charge in [-0.3, -0.25) is 14.5 Å². The van der Waals surface area contributed by atoms with Crippen LogP contribution in [0.1, 0.15) is 23.3 Å². The molecule has 2 saturated heterocycles. The molecule has 0 radical (unpaired) electrons. The number of aromatic nitrogens is 2. The molecule has 0 unspecified atom stereocenters. The molecule has 112 valence electrons. The molecule has 2 aliphatic heterocycles. The minimum absolute atomic E-state index is 0.741. The van der Waals surface area contributed by atoms with E-state index in [9.17, 15) is 0 Å². The zero-order valence-corrected chi connectivity index (χ0v) is 13.3. The van der Waals surface area contributed by atoms with Crippen molar-refractivity contribution < 1.29 is 0 Å². The van der Waals surface area contributed by atoms with Crippen molar-refractivity contribution >= 4 is 11.3 Å². The summed E-state index contributed by atoms with van der Waals surface area (Å²) in [5.41, 5.74) is 1.34. The van der Waals surface area contributed by atoms with E-state index in [0.29, 0.717) is 0 Å². The van der Waals surface area contributed by atoms with E-state index >= 15 is 0 Å². The third-order valence-electron chi connectivity index (χ3n) is 4.89. The molecule has 0 saturated carbocycles. The Morgan fingerprint density at radius 2 is 1.95 bits per heavy atom. The predicted molar refractivity (Wildman–Crippen MR) is 85.2 cm³/mol. The Morgan fingerprint density at radius 1 is 1.19 bits per heavy atom. The number of rotatable bonds is 4. The molecule has 21 heavy (non-hydrogen) atoms. The van der Waals surface area contributed by atoms with Crippen LogP contribution in [-0.4, -0.2) is 44.8 Å². The Bertz CT molecular complexity index is 591. The lowest BCUT2D eigenvalue weighted by Gasteiger charge is -2.25. The van der Waals surface area contributed by atoms with Crippen LogP contribution in [0.5, 0.6) is 0 Å². The molecule has 2 aromatic heterocycles. The summed E-state index contributed by atoms with van der Waals surface area (Å²) in [6, 6.07) is 5.92. The number of aryl methyl sites for hydroxylation is 1. The van der Waals surface area contributed by atoms with Gasteiger partial charge in [0.1, 0.15) is 0 Å². The number of thiophene rings is 1. The summed E-state index contributed by atoms with van der Waals surface area (Å²) in [5, 5.41) is 6.48. The zero-order valence-electron chi connectivity index (χ0n) is 12.5. The van der Waals surface area contributed by atoms with Crippen molar-refractivity contribution in [3.05, 3.63) is 40.3 Å². The van der Waals surface area contributed by atoms with E-state index in [0.717, 1.165) is 25.2 Å². The highest BCUT2D eigenvalue weighted by atomic mass is 32.1. The molecular formula is C16H22N4S. The second-order valence-corrected chi connectivity index (χ2v) is 7.29. The maximum absolute atomic E-state index is 4.29. The van der Waals surface area contributed by atoms with Gasteiger partial charge in [0, 0.05) is 61.9 Å². The molecule has 4 nitrogen and oxygen atoms in total. The van der Waals surface area contributed by atoms with Gasteiger partial charge in [0.15, 0.2) is 0 Å². The quantitative estimate of drug-likeness (QED) is 0.866. The summed E-state index contributed by atoms with van der Waals surface area (Å²) in [7, 11) is 1.99. The number of hydrogen-bond acceptors (Lipinski definition) is 4. The molecule has 2 aliphatic rings. The lowest BCUT2D eigenvalue weighted by atomic mass is 10.1. The van der Waals surface area contributed by atoms with Gasteiger partial charge in [-0.15, -0.1) is 11.3 Å². The van der Waals surface area contributed by atoms with Gasteiger partial charge in [0.2, 0.25) is 0 Å². The van der Waals surface area contributed by atoms with E-state index in [1.807, 2.05) is 29.3 Å². The molecule has 0 aliphatic carbocycles. The van der Waals surface area contributed by atoms with Crippen LogP contribution >= 0.6 is 11.3 Å². The second kappa shape index (κ2) is 5.55. The first-order chi connectivity index (χ1) is 10.3. The molecule has 2 fully saturated rings. The van der Waals surface area contributed by atoms with Gasteiger partial charge >= 0.3 is 0 Å². The van der Waals surface area contributed by atoms with E-state index in [2.05, 4.69) is 38.6 Å². The van der Waals surface area contributed by atoms with Gasteiger partial charge in [0.25, 0.3) is 0 Å². The summed E-state index contributed by atoms with van der Waals surface area (Å²) in [4.78, 5) is 6.86. The van der Waals surface area contributed by atoms with Gasteiger partial charge in [-0.2, -0.15) is 5.10 Å². The summed E-state index contributed by atoms with van der Waals surface area (Å²) < 4.78 is 1.90. The average Bonchev–Trinajstić information content (AvgIpc) is 3.20. The predicted octanol–water partition coefficient (Wildman–Crippen LogP) is 2.33. The Morgan fingerprint density at radius 3 is 2.57 bits per heavy atom. The minimum atomic E-state index is 0.741. The summed E-state index contributed by atoms with van der Waals surface area (Å²) in [5.74, 6) is 0. The first-order valence-electron chi connectivity index (χ1n) is 7.77. The molecule has 0 N–H and O–H groups in total. The molecule has 2 aromatic rings. The fourth-order valence-electron chi connectivity index (χ4n) is 3.95. The SMILES string of the molecule is Cn1cc(CN2CC[C@@H]3[C@H]2CCN3Cc2cccs2)cn1. The maximum atomic E-state index is 4.29. The first-order valence-corrected chi connectivity index (χ1v) is 8.65. The monoisotopic (exact) mass is 302 g/mol. The van der Waals surface area contributed by atoms with Crippen molar-refractivity contribution in [1.29, 1.82) is 0 Å². The van der Waals surface area contributed by atoms with Gasteiger partial charge in [-0.05, 0) is 24.3 Å². The fourth-order valence-corrected chi connectivity index (χ4v) is 4.68. The van der Waals surface area contributed by atoms with Crippen molar-refractivity contribution in [1.82, 2.24) is 19.6 Å². The molecule has 2 atom stereocenters. The van der Waals surface area contributed by atoms with Crippen LogP contribution in [0, 0.1) is 0 Å². The fraction of sp³-hybridized carbons (Fsp3) is 0.562. The van der Waals surface area contributed by atoms with Crippen LogP contribution in [-0.2, 0) is 20.1 Å². The number of likely N-dealkylation sites (tertiary alicyclic amines) is 2. The second-order valence-electron chi connectivity index (χ2n) is 6.25.